The highest BCUT2D eigenvalue weighted by Gasteiger charge is 2.23. The van der Waals surface area contributed by atoms with Crippen molar-refractivity contribution in [3.63, 3.8) is 0 Å². The van der Waals surface area contributed by atoms with Gasteiger partial charge in [0, 0.05) is 11.1 Å². The molecule has 0 amide bonds. The molecule has 0 spiro atoms. The molecule has 1 rings (SSSR count). The van der Waals surface area contributed by atoms with Gasteiger partial charge in [0.05, 0.1) is 12.7 Å². The Hall–Kier alpha value is -0.0500. The predicted molar refractivity (Wildman–Crippen MR) is 56.0 cm³/mol. The van der Waals surface area contributed by atoms with E-state index in [2.05, 4.69) is 11.9 Å². The fourth-order valence-corrected chi connectivity index (χ4v) is 1.89. The van der Waals surface area contributed by atoms with Gasteiger partial charge in [-0.15, -0.1) is 0 Å². The van der Waals surface area contributed by atoms with Crippen LogP contribution in [0, 0.1) is 0 Å². The Morgan fingerprint density at radius 2 is 2.23 bits per heavy atom. The maximum Gasteiger partial charge on any atom is 0.0821 e. The van der Waals surface area contributed by atoms with Crippen LogP contribution in [-0.4, -0.2) is 25.8 Å². The van der Waals surface area contributed by atoms with E-state index in [0.717, 1.165) is 6.42 Å². The van der Waals surface area contributed by atoms with Crippen LogP contribution in [-0.2, 0) is 4.74 Å². The van der Waals surface area contributed by atoms with Crippen LogP contribution in [0.25, 0.3) is 0 Å². The molecule has 0 aromatic carbocycles. The summed E-state index contributed by atoms with van der Waals surface area (Å²) in [5.41, 5.74) is 0. The highest BCUT2D eigenvalue weighted by Crippen LogP contribution is 2.21. The van der Waals surface area contributed by atoms with Gasteiger partial charge in [-0.25, -0.2) is 0 Å². The summed E-state index contributed by atoms with van der Waals surface area (Å²) in [4.78, 5) is 0. The minimum atomic E-state index is 0.314. The van der Waals surface area contributed by atoms with Gasteiger partial charge in [0.2, 0.25) is 0 Å². The first kappa shape index (κ1) is 11.0. The number of rotatable bonds is 4. The summed E-state index contributed by atoms with van der Waals surface area (Å²) < 4.78 is 5.65. The Kier molecular flexibility index (Phi) is 4.78. The number of hydrogen-bond donors (Lipinski definition) is 1. The molecule has 2 unspecified atom stereocenters. The van der Waals surface area contributed by atoms with Gasteiger partial charge in [-0.3, -0.25) is 0 Å². The largest absolute Gasteiger partial charge is 0.371 e. The minimum absolute atomic E-state index is 0.314. The van der Waals surface area contributed by atoms with Crippen molar-refractivity contribution in [1.82, 2.24) is 5.32 Å². The topological polar surface area (TPSA) is 21.3 Å². The van der Waals surface area contributed by atoms with E-state index in [4.69, 9.17) is 16.3 Å². The second kappa shape index (κ2) is 5.63. The Morgan fingerprint density at radius 3 is 2.85 bits per heavy atom. The first-order valence-corrected chi connectivity index (χ1v) is 5.24. The number of hydrogen-bond acceptors (Lipinski definition) is 2. The molecular formula is C10H18ClNO. The maximum absolute atomic E-state index is 5.65. The molecule has 1 fully saturated rings. The van der Waals surface area contributed by atoms with Gasteiger partial charge in [-0.1, -0.05) is 31.0 Å². The third-order valence-corrected chi connectivity index (χ3v) is 2.64. The first-order valence-electron chi connectivity index (χ1n) is 4.86. The van der Waals surface area contributed by atoms with Gasteiger partial charge >= 0.3 is 0 Å². The molecule has 3 heteroatoms. The lowest BCUT2D eigenvalue weighted by atomic mass is 9.92. The van der Waals surface area contributed by atoms with Gasteiger partial charge in [0.1, 0.15) is 0 Å². The standard InChI is InChI=1S/C10H18ClNO/c1-8(11)7-13-10-6-4-3-5-9(10)12-2/h9-10,12H,1,3-7H2,2H3. The third kappa shape index (κ3) is 3.67. The van der Waals surface area contributed by atoms with E-state index >= 15 is 0 Å². The van der Waals surface area contributed by atoms with Crippen molar-refractivity contribution in [2.75, 3.05) is 13.7 Å². The van der Waals surface area contributed by atoms with Gasteiger partial charge in [-0.2, -0.15) is 0 Å². The second-order valence-corrected chi connectivity index (χ2v) is 4.08. The molecule has 0 saturated heterocycles. The van der Waals surface area contributed by atoms with Crippen LogP contribution in [0.5, 0.6) is 0 Å². The fourth-order valence-electron chi connectivity index (χ4n) is 1.82. The summed E-state index contributed by atoms with van der Waals surface area (Å²) in [6.45, 7) is 4.09. The Morgan fingerprint density at radius 1 is 1.54 bits per heavy atom. The lowest BCUT2D eigenvalue weighted by molar-refractivity contribution is 0.0218. The zero-order valence-electron chi connectivity index (χ0n) is 8.18. The van der Waals surface area contributed by atoms with Crippen LogP contribution in [0.1, 0.15) is 25.7 Å². The van der Waals surface area contributed by atoms with Crippen molar-refractivity contribution in [3.05, 3.63) is 11.6 Å². The summed E-state index contributed by atoms with van der Waals surface area (Å²) >= 11 is 5.65. The molecule has 0 aliphatic heterocycles. The van der Waals surface area contributed by atoms with E-state index in [0.29, 0.717) is 23.8 Å². The number of ether oxygens (including phenoxy) is 1. The highest BCUT2D eigenvalue weighted by molar-refractivity contribution is 6.29. The molecule has 0 aromatic heterocycles. The monoisotopic (exact) mass is 203 g/mol. The zero-order valence-corrected chi connectivity index (χ0v) is 8.94. The SMILES string of the molecule is C=C(Cl)COC1CCCCC1NC. The van der Waals surface area contributed by atoms with E-state index in [1.165, 1.54) is 19.3 Å². The van der Waals surface area contributed by atoms with Gasteiger partial charge in [0.25, 0.3) is 0 Å². The molecule has 0 aromatic rings. The summed E-state index contributed by atoms with van der Waals surface area (Å²) in [5, 5.41) is 3.86. The number of likely N-dealkylation sites (N-methyl/N-ethyl adjacent to an activating group) is 1. The molecule has 13 heavy (non-hydrogen) atoms. The Balaban J connectivity index is 2.31. The molecule has 76 valence electrons. The Labute approximate surface area is 85.3 Å². The van der Waals surface area contributed by atoms with E-state index in [9.17, 15) is 0 Å². The fraction of sp³-hybridized carbons (Fsp3) is 0.800. The predicted octanol–water partition coefficient (Wildman–Crippen LogP) is 2.29. The summed E-state index contributed by atoms with van der Waals surface area (Å²) in [6, 6.07) is 0.491. The van der Waals surface area contributed by atoms with Crippen LogP contribution < -0.4 is 5.32 Å². The van der Waals surface area contributed by atoms with Gasteiger partial charge < -0.3 is 10.1 Å². The maximum atomic E-state index is 5.65. The average Bonchev–Trinajstić information content (AvgIpc) is 2.15. The number of halogens is 1. The van der Waals surface area contributed by atoms with E-state index in [1.54, 1.807) is 0 Å². The molecule has 0 bridgehead atoms. The lowest BCUT2D eigenvalue weighted by Crippen LogP contribution is -2.41. The van der Waals surface area contributed by atoms with Crippen LogP contribution >= 0.6 is 11.6 Å². The zero-order chi connectivity index (χ0) is 9.68. The normalized spacial score (nSPS) is 28.8. The average molecular weight is 204 g/mol. The number of nitrogens with one attached hydrogen (secondary N) is 1. The van der Waals surface area contributed by atoms with Crippen LogP contribution in [0.2, 0.25) is 0 Å². The third-order valence-electron chi connectivity index (χ3n) is 2.53. The molecule has 1 saturated carbocycles. The molecule has 1 aliphatic rings. The van der Waals surface area contributed by atoms with Crippen molar-refractivity contribution in [2.45, 2.75) is 37.8 Å². The van der Waals surface area contributed by atoms with Crippen molar-refractivity contribution in [1.29, 1.82) is 0 Å². The molecule has 1 N–H and O–H groups in total. The molecule has 2 nitrogen and oxygen atoms in total. The van der Waals surface area contributed by atoms with Gasteiger partial charge in [0.15, 0.2) is 0 Å². The van der Waals surface area contributed by atoms with Crippen LogP contribution in [0.4, 0.5) is 0 Å². The minimum Gasteiger partial charge on any atom is -0.371 e. The molecule has 0 heterocycles. The molecule has 0 radical (unpaired) electrons. The van der Waals surface area contributed by atoms with Crippen LogP contribution in [0.3, 0.4) is 0 Å². The second-order valence-electron chi connectivity index (χ2n) is 3.55. The molecule has 1 aliphatic carbocycles. The molecular weight excluding hydrogens is 186 g/mol. The van der Waals surface area contributed by atoms with E-state index in [1.807, 2.05) is 7.05 Å². The Bertz CT molecular complexity index is 172. The summed E-state index contributed by atoms with van der Waals surface area (Å²) in [6.07, 6.45) is 5.21. The van der Waals surface area contributed by atoms with Crippen LogP contribution in [0.15, 0.2) is 11.6 Å². The smallest absolute Gasteiger partial charge is 0.0821 e. The van der Waals surface area contributed by atoms with Crippen molar-refractivity contribution in [3.8, 4) is 0 Å². The van der Waals surface area contributed by atoms with E-state index in [-0.39, 0.29) is 0 Å². The lowest BCUT2D eigenvalue weighted by Gasteiger charge is -2.31. The van der Waals surface area contributed by atoms with Crippen molar-refractivity contribution < 1.29 is 4.74 Å². The molecule has 2 atom stereocenters. The highest BCUT2D eigenvalue weighted by atomic mass is 35.5. The van der Waals surface area contributed by atoms with Crippen molar-refractivity contribution >= 4 is 11.6 Å². The summed E-state index contributed by atoms with van der Waals surface area (Å²) in [5.74, 6) is 0. The van der Waals surface area contributed by atoms with E-state index < -0.39 is 0 Å². The van der Waals surface area contributed by atoms with Crippen molar-refractivity contribution in [2.24, 2.45) is 0 Å². The van der Waals surface area contributed by atoms with Gasteiger partial charge in [-0.05, 0) is 19.9 Å². The quantitative estimate of drug-likeness (QED) is 0.757. The summed E-state index contributed by atoms with van der Waals surface area (Å²) in [7, 11) is 1.99. The first-order chi connectivity index (χ1) is 6.24.